The Morgan fingerprint density at radius 1 is 0.567 bits per heavy atom. The fourth-order valence-corrected chi connectivity index (χ4v) is 11.8. The summed E-state index contributed by atoms with van der Waals surface area (Å²) >= 11 is 12.0. The molecule has 0 atom stereocenters. The molecule has 0 radical (unpaired) electrons. The van der Waals surface area contributed by atoms with Crippen molar-refractivity contribution in [1.82, 2.24) is 0 Å². The van der Waals surface area contributed by atoms with E-state index in [2.05, 4.69) is 74.5 Å². The van der Waals surface area contributed by atoms with Crippen LogP contribution in [0.15, 0.2) is 87.4 Å². The van der Waals surface area contributed by atoms with Crippen LogP contribution in [0, 0.1) is 0 Å². The number of hydrogen-bond acceptors (Lipinski definition) is 6. The predicted octanol–water partition coefficient (Wildman–Crippen LogP) is 10.1. The summed E-state index contributed by atoms with van der Waals surface area (Å²) in [6, 6.07) is 21.6. The van der Waals surface area contributed by atoms with Crippen LogP contribution in [0.3, 0.4) is 0 Å². The van der Waals surface area contributed by atoms with Crippen molar-refractivity contribution in [1.29, 1.82) is 0 Å². The van der Waals surface area contributed by atoms with Crippen molar-refractivity contribution in [2.75, 3.05) is 0 Å². The SMILES string of the molecule is CCC1=C(SCc2ccccc2)S/C(=C2\SC(CC)=C(SCc3ccccc3)S2)S1. The van der Waals surface area contributed by atoms with Crippen LogP contribution in [-0.4, -0.2) is 0 Å². The Labute approximate surface area is 206 Å². The van der Waals surface area contributed by atoms with Gasteiger partial charge >= 0.3 is 0 Å². The molecule has 0 saturated heterocycles. The van der Waals surface area contributed by atoms with Crippen molar-refractivity contribution >= 4 is 70.6 Å². The van der Waals surface area contributed by atoms with Crippen molar-refractivity contribution in [3.63, 3.8) is 0 Å². The highest BCUT2D eigenvalue weighted by Crippen LogP contribution is 2.64. The summed E-state index contributed by atoms with van der Waals surface area (Å²) in [5.74, 6) is 2.10. The van der Waals surface area contributed by atoms with Gasteiger partial charge in [0.25, 0.3) is 0 Å². The Balaban J connectivity index is 1.40. The van der Waals surface area contributed by atoms with E-state index in [1.165, 1.54) is 37.9 Å². The molecular formula is C24H24S6. The number of benzene rings is 2. The third-order valence-corrected chi connectivity index (χ3v) is 13.6. The molecule has 0 unspecified atom stereocenters. The standard InChI is InChI=1S/C24H24S6/c1-3-19-21(25-15-17-11-7-5-8-12-17)29-23(27-19)24-28-20(4-2)22(30-24)26-16-18-13-9-6-10-14-18/h5-14H,3-4,15-16H2,1-2H3/b24-23+. The van der Waals surface area contributed by atoms with Gasteiger partial charge in [-0.15, -0.1) is 23.5 Å². The third-order valence-electron chi connectivity index (χ3n) is 4.49. The number of rotatable bonds is 8. The van der Waals surface area contributed by atoms with Gasteiger partial charge in [-0.25, -0.2) is 0 Å². The van der Waals surface area contributed by atoms with E-state index in [9.17, 15) is 0 Å². The molecule has 30 heavy (non-hydrogen) atoms. The second-order valence-electron chi connectivity index (χ2n) is 6.66. The molecule has 0 N–H and O–H groups in total. The van der Waals surface area contributed by atoms with Crippen molar-refractivity contribution in [3.05, 3.63) is 98.5 Å². The van der Waals surface area contributed by atoms with Gasteiger partial charge < -0.3 is 0 Å². The second kappa shape index (κ2) is 11.6. The summed E-state index contributed by atoms with van der Waals surface area (Å²) in [5, 5.41) is 0. The van der Waals surface area contributed by atoms with Gasteiger partial charge in [0.1, 0.15) is 0 Å². The molecule has 2 aromatic rings. The molecule has 0 fully saturated rings. The van der Waals surface area contributed by atoms with Crippen LogP contribution in [0.25, 0.3) is 0 Å². The van der Waals surface area contributed by atoms with Crippen LogP contribution in [0.2, 0.25) is 0 Å². The molecule has 2 heterocycles. The molecular weight excluding hydrogens is 481 g/mol. The summed E-state index contributed by atoms with van der Waals surface area (Å²) in [7, 11) is 0. The zero-order valence-corrected chi connectivity index (χ0v) is 22.0. The van der Waals surface area contributed by atoms with Gasteiger partial charge in [0, 0.05) is 21.3 Å². The molecule has 2 aliphatic rings. The van der Waals surface area contributed by atoms with E-state index in [1.54, 1.807) is 0 Å². The highest BCUT2D eigenvalue weighted by atomic mass is 32.2. The molecule has 0 nitrogen and oxygen atoms in total. The average molecular weight is 505 g/mol. The zero-order valence-electron chi connectivity index (χ0n) is 17.1. The Morgan fingerprint density at radius 2 is 0.967 bits per heavy atom. The number of thioether (sulfide) groups is 6. The average Bonchev–Trinajstić information content (AvgIpc) is 3.41. The summed E-state index contributed by atoms with van der Waals surface area (Å²) in [5.41, 5.74) is 2.80. The van der Waals surface area contributed by atoms with Gasteiger partial charge in [-0.05, 0) is 24.0 Å². The Kier molecular flexibility index (Phi) is 8.85. The lowest BCUT2D eigenvalue weighted by Crippen LogP contribution is -1.79. The van der Waals surface area contributed by atoms with E-state index in [-0.39, 0.29) is 0 Å². The molecule has 2 aliphatic heterocycles. The van der Waals surface area contributed by atoms with Crippen molar-refractivity contribution in [3.8, 4) is 0 Å². The molecule has 0 aromatic heterocycles. The van der Waals surface area contributed by atoms with Crippen LogP contribution in [0.1, 0.15) is 37.8 Å². The Bertz CT molecular complexity index is 880. The highest BCUT2D eigenvalue weighted by molar-refractivity contribution is 8.40. The van der Waals surface area contributed by atoms with Gasteiger partial charge in [0.2, 0.25) is 0 Å². The monoisotopic (exact) mass is 504 g/mol. The zero-order chi connectivity index (χ0) is 20.8. The van der Waals surface area contributed by atoms with Gasteiger partial charge in [0.15, 0.2) is 0 Å². The first-order valence-electron chi connectivity index (χ1n) is 10.0. The molecule has 2 aromatic carbocycles. The maximum absolute atomic E-state index is 2.28. The fraction of sp³-hybridized carbons (Fsp3) is 0.250. The van der Waals surface area contributed by atoms with Crippen LogP contribution in [0.4, 0.5) is 0 Å². The van der Waals surface area contributed by atoms with Crippen LogP contribution in [0.5, 0.6) is 0 Å². The fourth-order valence-electron chi connectivity index (χ4n) is 2.90. The molecule has 0 aliphatic carbocycles. The smallest absolute Gasteiger partial charge is 0.0708 e. The van der Waals surface area contributed by atoms with E-state index in [1.807, 2.05) is 70.6 Å². The van der Waals surface area contributed by atoms with Crippen molar-refractivity contribution in [2.24, 2.45) is 0 Å². The lowest BCUT2D eigenvalue weighted by atomic mass is 10.2. The second-order valence-corrected chi connectivity index (χ2v) is 13.9. The molecule has 6 heteroatoms. The van der Waals surface area contributed by atoms with Gasteiger partial charge in [-0.2, -0.15) is 0 Å². The predicted molar refractivity (Wildman–Crippen MR) is 147 cm³/mol. The Morgan fingerprint density at radius 3 is 1.33 bits per heavy atom. The van der Waals surface area contributed by atoms with E-state index in [0.717, 1.165) is 24.3 Å². The normalized spacial score (nSPS) is 19.3. The topological polar surface area (TPSA) is 0 Å². The van der Waals surface area contributed by atoms with Gasteiger partial charge in [0.05, 0.1) is 16.9 Å². The maximum Gasteiger partial charge on any atom is 0.0708 e. The van der Waals surface area contributed by atoms with Crippen LogP contribution < -0.4 is 0 Å². The van der Waals surface area contributed by atoms with Gasteiger partial charge in [-0.3, -0.25) is 0 Å². The lowest BCUT2D eigenvalue weighted by molar-refractivity contribution is 1.20. The summed E-state index contributed by atoms with van der Waals surface area (Å²) < 4.78 is 5.97. The molecule has 4 rings (SSSR count). The van der Waals surface area contributed by atoms with Crippen LogP contribution in [-0.2, 0) is 11.5 Å². The first-order chi connectivity index (χ1) is 14.8. The van der Waals surface area contributed by atoms with E-state index >= 15 is 0 Å². The minimum absolute atomic E-state index is 1.05. The third kappa shape index (κ3) is 5.96. The number of hydrogen-bond donors (Lipinski definition) is 0. The summed E-state index contributed by atoms with van der Waals surface area (Å²) in [6.45, 7) is 4.57. The summed E-state index contributed by atoms with van der Waals surface area (Å²) in [4.78, 5) is 3.07. The largest absolute Gasteiger partial charge is 0.113 e. The van der Waals surface area contributed by atoms with Crippen molar-refractivity contribution < 1.29 is 0 Å². The molecule has 0 bridgehead atoms. The van der Waals surface area contributed by atoms with Gasteiger partial charge in [-0.1, -0.05) is 122 Å². The Hall–Kier alpha value is -0.240. The molecule has 0 amide bonds. The minimum atomic E-state index is 1.05. The van der Waals surface area contributed by atoms with E-state index in [0.29, 0.717) is 0 Å². The molecule has 0 spiro atoms. The first kappa shape index (κ1) is 22.9. The molecule has 156 valence electrons. The van der Waals surface area contributed by atoms with Crippen LogP contribution >= 0.6 is 70.6 Å². The minimum Gasteiger partial charge on any atom is -0.113 e. The maximum atomic E-state index is 2.28. The van der Waals surface area contributed by atoms with Crippen molar-refractivity contribution in [2.45, 2.75) is 38.2 Å². The number of allylic oxidation sites excluding steroid dienone is 2. The molecule has 0 saturated carbocycles. The van der Waals surface area contributed by atoms with E-state index < -0.39 is 0 Å². The summed E-state index contributed by atoms with van der Waals surface area (Å²) in [6.07, 6.45) is 2.23. The quantitative estimate of drug-likeness (QED) is 0.348. The van der Waals surface area contributed by atoms with E-state index in [4.69, 9.17) is 0 Å². The first-order valence-corrected chi connectivity index (χ1v) is 15.3. The highest BCUT2D eigenvalue weighted by Gasteiger charge is 2.29. The lowest BCUT2D eigenvalue weighted by Gasteiger charge is -2.04.